The molecule has 0 N–H and O–H groups in total. The van der Waals surface area contributed by atoms with Gasteiger partial charge in [-0.15, -0.1) is 0 Å². The number of hydrogen-bond donors (Lipinski definition) is 0. The quantitative estimate of drug-likeness (QED) is 0.592. The van der Waals surface area contributed by atoms with Gasteiger partial charge in [-0.25, -0.2) is 8.78 Å². The minimum atomic E-state index is -0.800. The predicted molar refractivity (Wildman–Crippen MR) is 41.1 cm³/mol. The molecule has 0 aliphatic carbocycles. The van der Waals surface area contributed by atoms with Gasteiger partial charge in [-0.1, -0.05) is 0 Å². The summed E-state index contributed by atoms with van der Waals surface area (Å²) in [6, 6.07) is 1.94. The van der Waals surface area contributed by atoms with Gasteiger partial charge in [-0.3, -0.25) is 4.79 Å². The van der Waals surface area contributed by atoms with Crippen LogP contribution >= 0.6 is 0 Å². The van der Waals surface area contributed by atoms with Crippen molar-refractivity contribution in [2.45, 2.75) is 13.8 Å². The Hall–Kier alpha value is -1.25. The second-order valence-electron chi connectivity index (χ2n) is 2.64. The monoisotopic (exact) mass is 170 g/mol. The van der Waals surface area contributed by atoms with Crippen molar-refractivity contribution in [2.75, 3.05) is 0 Å². The number of ketones is 1. The Morgan fingerprint density at radius 1 is 1.25 bits per heavy atom. The third-order valence-corrected chi connectivity index (χ3v) is 1.63. The fourth-order valence-corrected chi connectivity index (χ4v) is 0.927. The largest absolute Gasteiger partial charge is 0.294 e. The molecule has 12 heavy (non-hydrogen) atoms. The van der Waals surface area contributed by atoms with Crippen molar-refractivity contribution in [2.24, 2.45) is 0 Å². The molecule has 0 radical (unpaired) electrons. The summed E-state index contributed by atoms with van der Waals surface area (Å²) >= 11 is 0. The number of aryl methyl sites for hydroxylation is 1. The van der Waals surface area contributed by atoms with Gasteiger partial charge in [0.15, 0.2) is 5.78 Å². The number of carbonyl (C=O) groups is 1. The lowest BCUT2D eigenvalue weighted by molar-refractivity contribution is 0.101. The first-order valence-corrected chi connectivity index (χ1v) is 3.49. The number of benzene rings is 1. The van der Waals surface area contributed by atoms with Crippen molar-refractivity contribution >= 4 is 5.78 Å². The fraction of sp³-hybridized carbons (Fsp3) is 0.222. The molecule has 0 fully saturated rings. The van der Waals surface area contributed by atoms with Crippen molar-refractivity contribution in [3.63, 3.8) is 0 Å². The normalized spacial score (nSPS) is 10.0. The van der Waals surface area contributed by atoms with Crippen LogP contribution in [0.3, 0.4) is 0 Å². The summed E-state index contributed by atoms with van der Waals surface area (Å²) < 4.78 is 25.5. The van der Waals surface area contributed by atoms with Gasteiger partial charge >= 0.3 is 0 Å². The van der Waals surface area contributed by atoms with Crippen molar-refractivity contribution in [1.29, 1.82) is 0 Å². The molecule has 64 valence electrons. The highest BCUT2D eigenvalue weighted by Crippen LogP contribution is 2.14. The zero-order valence-electron chi connectivity index (χ0n) is 6.82. The van der Waals surface area contributed by atoms with E-state index in [1.165, 1.54) is 19.9 Å². The molecule has 0 unspecified atom stereocenters. The lowest BCUT2D eigenvalue weighted by atomic mass is 10.1. The zero-order valence-corrected chi connectivity index (χ0v) is 6.82. The average Bonchev–Trinajstić information content (AvgIpc) is 1.96. The summed E-state index contributed by atoms with van der Waals surface area (Å²) in [6.45, 7) is 2.73. The van der Waals surface area contributed by atoms with Crippen molar-refractivity contribution < 1.29 is 13.6 Å². The van der Waals surface area contributed by atoms with E-state index in [4.69, 9.17) is 0 Å². The SMILES string of the molecule is CC(=O)c1cc(C)c(F)cc1F. The van der Waals surface area contributed by atoms with Crippen LogP contribution in [0.25, 0.3) is 0 Å². The molecule has 0 aliphatic heterocycles. The Balaban J connectivity index is 3.33. The van der Waals surface area contributed by atoms with E-state index in [0.717, 1.165) is 6.07 Å². The van der Waals surface area contributed by atoms with Gasteiger partial charge in [0.25, 0.3) is 0 Å². The van der Waals surface area contributed by atoms with E-state index in [0.29, 0.717) is 0 Å². The molecule has 3 heteroatoms. The molecule has 0 saturated carbocycles. The van der Waals surface area contributed by atoms with Crippen LogP contribution in [0.1, 0.15) is 22.8 Å². The van der Waals surface area contributed by atoms with Crippen LogP contribution in [0.15, 0.2) is 12.1 Å². The van der Waals surface area contributed by atoms with Gasteiger partial charge < -0.3 is 0 Å². The number of halogens is 2. The van der Waals surface area contributed by atoms with Crippen LogP contribution in [0, 0.1) is 18.6 Å². The van der Waals surface area contributed by atoms with Crippen molar-refractivity contribution in [1.82, 2.24) is 0 Å². The predicted octanol–water partition coefficient (Wildman–Crippen LogP) is 2.48. The van der Waals surface area contributed by atoms with Gasteiger partial charge in [-0.2, -0.15) is 0 Å². The maximum Gasteiger partial charge on any atom is 0.162 e. The highest BCUT2D eigenvalue weighted by atomic mass is 19.1. The van der Waals surface area contributed by atoms with Crippen LogP contribution in [-0.4, -0.2) is 5.78 Å². The molecule has 1 rings (SSSR count). The first-order valence-electron chi connectivity index (χ1n) is 3.49. The highest BCUT2D eigenvalue weighted by molar-refractivity contribution is 5.94. The summed E-state index contributed by atoms with van der Waals surface area (Å²) in [5.41, 5.74) is 0.218. The molecule has 0 aliphatic rings. The molecule has 0 atom stereocenters. The molecule has 0 amide bonds. The lowest BCUT2D eigenvalue weighted by Gasteiger charge is -2.00. The third kappa shape index (κ3) is 1.49. The number of Topliss-reactive ketones (excluding diaryl/α,β-unsaturated/α-hetero) is 1. The van der Waals surface area contributed by atoms with Crippen LogP contribution in [0.2, 0.25) is 0 Å². The highest BCUT2D eigenvalue weighted by Gasteiger charge is 2.09. The van der Waals surface area contributed by atoms with Crippen LogP contribution in [0.4, 0.5) is 8.78 Å². The van der Waals surface area contributed by atoms with E-state index in [-0.39, 0.29) is 11.1 Å². The zero-order chi connectivity index (χ0) is 9.30. The second kappa shape index (κ2) is 3.01. The van der Waals surface area contributed by atoms with Crippen molar-refractivity contribution in [3.8, 4) is 0 Å². The molecule has 1 aromatic carbocycles. The minimum absolute atomic E-state index is 0.0612. The summed E-state index contributed by atoms with van der Waals surface area (Å²) in [6.07, 6.45) is 0. The third-order valence-electron chi connectivity index (χ3n) is 1.63. The maximum absolute atomic E-state index is 12.8. The summed E-state index contributed by atoms with van der Waals surface area (Å²) in [4.78, 5) is 10.8. The van der Waals surface area contributed by atoms with Crippen LogP contribution < -0.4 is 0 Å². The van der Waals surface area contributed by atoms with Gasteiger partial charge in [0.1, 0.15) is 11.6 Å². The Kier molecular flexibility index (Phi) is 2.22. The topological polar surface area (TPSA) is 17.1 Å². The molecule has 0 saturated heterocycles. The van der Waals surface area contributed by atoms with Gasteiger partial charge in [-0.05, 0) is 25.5 Å². The van der Waals surface area contributed by atoms with Gasteiger partial charge in [0, 0.05) is 6.07 Å². The van der Waals surface area contributed by atoms with Crippen LogP contribution in [-0.2, 0) is 0 Å². The number of carbonyl (C=O) groups excluding carboxylic acids is 1. The summed E-state index contributed by atoms with van der Waals surface area (Å²) in [5, 5.41) is 0. The molecule has 0 spiro atoms. The average molecular weight is 170 g/mol. The van der Waals surface area contributed by atoms with E-state index in [1.807, 2.05) is 0 Å². The molecule has 1 aromatic rings. The first-order chi connectivity index (χ1) is 5.52. The Labute approximate surface area is 69.0 Å². The first kappa shape index (κ1) is 8.84. The standard InChI is InChI=1S/C9H8F2O/c1-5-3-7(6(2)12)9(11)4-8(5)10/h3-4H,1-2H3. The Morgan fingerprint density at radius 2 is 1.83 bits per heavy atom. The molecule has 0 heterocycles. The fourth-order valence-electron chi connectivity index (χ4n) is 0.927. The smallest absolute Gasteiger partial charge is 0.162 e. The lowest BCUT2D eigenvalue weighted by Crippen LogP contribution is -1.99. The number of hydrogen-bond acceptors (Lipinski definition) is 1. The Bertz CT molecular complexity index is 332. The summed E-state index contributed by atoms with van der Waals surface area (Å²) in [7, 11) is 0. The second-order valence-corrected chi connectivity index (χ2v) is 2.64. The molecular formula is C9H8F2O. The Morgan fingerprint density at radius 3 is 2.33 bits per heavy atom. The molecule has 0 aromatic heterocycles. The molecule has 1 nitrogen and oxygen atoms in total. The molecular weight excluding hydrogens is 162 g/mol. The minimum Gasteiger partial charge on any atom is -0.294 e. The van der Waals surface area contributed by atoms with Crippen LogP contribution in [0.5, 0.6) is 0 Å². The van der Waals surface area contributed by atoms with Gasteiger partial charge in [0.2, 0.25) is 0 Å². The van der Waals surface area contributed by atoms with E-state index >= 15 is 0 Å². The van der Waals surface area contributed by atoms with E-state index in [9.17, 15) is 13.6 Å². The summed E-state index contributed by atoms with van der Waals surface area (Å²) in [5.74, 6) is -1.82. The maximum atomic E-state index is 12.8. The van der Waals surface area contributed by atoms with Crippen molar-refractivity contribution in [3.05, 3.63) is 34.9 Å². The van der Waals surface area contributed by atoms with E-state index < -0.39 is 17.4 Å². The molecule has 0 bridgehead atoms. The van der Waals surface area contributed by atoms with E-state index in [1.54, 1.807) is 0 Å². The van der Waals surface area contributed by atoms with Gasteiger partial charge in [0.05, 0.1) is 5.56 Å². The number of rotatable bonds is 1. The van der Waals surface area contributed by atoms with E-state index in [2.05, 4.69) is 0 Å².